The molecule has 2 saturated heterocycles. The number of hydrogen-bond acceptors (Lipinski definition) is 4. The molecule has 159 valence electrons. The Balaban J connectivity index is 1.15. The maximum absolute atomic E-state index is 13.1. The van der Waals surface area contributed by atoms with Crippen LogP contribution in [0.1, 0.15) is 32.7 Å². The fraction of sp³-hybridized carbons (Fsp3) is 0.320. The van der Waals surface area contributed by atoms with Crippen LogP contribution in [0.3, 0.4) is 0 Å². The van der Waals surface area contributed by atoms with Gasteiger partial charge in [0, 0.05) is 37.1 Å². The molecular weight excluding hydrogens is 390 g/mol. The summed E-state index contributed by atoms with van der Waals surface area (Å²) in [5.74, 6) is 0.749. The summed E-state index contributed by atoms with van der Waals surface area (Å²) < 4.78 is 5.44. The molecule has 2 aliphatic heterocycles. The average molecular weight is 417 g/mol. The van der Waals surface area contributed by atoms with Crippen molar-refractivity contribution in [3.8, 4) is 0 Å². The van der Waals surface area contributed by atoms with E-state index in [2.05, 4.69) is 11.3 Å². The number of benzene rings is 2. The second-order valence-corrected chi connectivity index (χ2v) is 8.57. The molecule has 2 fully saturated rings. The van der Waals surface area contributed by atoms with Crippen molar-refractivity contribution < 1.29 is 14.0 Å². The molecule has 3 heterocycles. The van der Waals surface area contributed by atoms with Gasteiger partial charge in [0.05, 0.1) is 11.8 Å². The van der Waals surface area contributed by atoms with E-state index in [0.717, 1.165) is 61.2 Å². The molecule has 6 nitrogen and oxygen atoms in total. The van der Waals surface area contributed by atoms with E-state index in [1.165, 1.54) is 0 Å². The summed E-state index contributed by atoms with van der Waals surface area (Å²) in [5.41, 5.74) is 8.42. The topological polar surface area (TPSA) is 79.8 Å². The minimum atomic E-state index is -0.390. The number of carbonyl (C=O) groups is 2. The minimum absolute atomic E-state index is 0.101. The molecule has 31 heavy (non-hydrogen) atoms. The second kappa shape index (κ2) is 8.19. The van der Waals surface area contributed by atoms with Gasteiger partial charge >= 0.3 is 0 Å². The highest BCUT2D eigenvalue weighted by molar-refractivity contribution is 6.06. The Bertz CT molecular complexity index is 1110. The van der Waals surface area contributed by atoms with Crippen LogP contribution in [-0.2, 0) is 0 Å². The van der Waals surface area contributed by atoms with Crippen molar-refractivity contribution >= 4 is 22.8 Å². The van der Waals surface area contributed by atoms with E-state index >= 15 is 0 Å². The van der Waals surface area contributed by atoms with E-state index < -0.39 is 5.91 Å². The Labute approximate surface area is 181 Å². The number of fused-ring (bicyclic) bond motifs is 2. The first kappa shape index (κ1) is 19.8. The number of nitrogens with zero attached hydrogens (tertiary/aromatic N) is 2. The molecule has 2 N–H and O–H groups in total. The number of amides is 2. The normalized spacial score (nSPS) is 21.0. The van der Waals surface area contributed by atoms with Crippen LogP contribution in [-0.4, -0.2) is 54.3 Å². The maximum atomic E-state index is 13.1. The Morgan fingerprint density at radius 3 is 2.48 bits per heavy atom. The van der Waals surface area contributed by atoms with Gasteiger partial charge in [-0.3, -0.25) is 9.59 Å². The lowest BCUT2D eigenvalue weighted by Crippen LogP contribution is -2.33. The molecular formula is C25H26N3O3. The summed E-state index contributed by atoms with van der Waals surface area (Å²) >= 11 is 0. The van der Waals surface area contributed by atoms with Gasteiger partial charge in [0.25, 0.3) is 5.91 Å². The van der Waals surface area contributed by atoms with Gasteiger partial charge in [-0.2, -0.15) is 0 Å². The third-order valence-electron chi connectivity index (χ3n) is 6.61. The number of primary amides is 1. The van der Waals surface area contributed by atoms with Gasteiger partial charge in [0.2, 0.25) is 5.91 Å². The van der Waals surface area contributed by atoms with Crippen molar-refractivity contribution in [2.75, 3.05) is 32.7 Å². The molecule has 1 unspecified atom stereocenters. The molecule has 0 bridgehead atoms. The van der Waals surface area contributed by atoms with E-state index in [0.29, 0.717) is 17.4 Å². The largest absolute Gasteiger partial charge is 0.464 e. The Morgan fingerprint density at radius 1 is 0.968 bits per heavy atom. The maximum Gasteiger partial charge on any atom is 0.254 e. The second-order valence-electron chi connectivity index (χ2n) is 8.57. The van der Waals surface area contributed by atoms with Crippen molar-refractivity contribution in [1.82, 2.24) is 9.80 Å². The zero-order chi connectivity index (χ0) is 21.4. The van der Waals surface area contributed by atoms with Crippen LogP contribution in [0.5, 0.6) is 0 Å². The van der Waals surface area contributed by atoms with Crippen molar-refractivity contribution in [3.63, 3.8) is 0 Å². The molecule has 0 spiro atoms. The van der Waals surface area contributed by atoms with Gasteiger partial charge in [-0.15, -0.1) is 0 Å². The van der Waals surface area contributed by atoms with Crippen LogP contribution < -0.4 is 5.73 Å². The first-order chi connectivity index (χ1) is 15.1. The summed E-state index contributed by atoms with van der Waals surface area (Å²) in [7, 11) is 0. The van der Waals surface area contributed by atoms with Crippen LogP contribution in [0, 0.1) is 18.3 Å². The van der Waals surface area contributed by atoms with Crippen molar-refractivity contribution in [2.45, 2.75) is 6.42 Å². The predicted molar refractivity (Wildman–Crippen MR) is 119 cm³/mol. The first-order valence-corrected chi connectivity index (χ1v) is 10.8. The summed E-state index contributed by atoms with van der Waals surface area (Å²) in [6.07, 6.45) is 4.60. The Hall–Kier alpha value is -3.12. The smallest absolute Gasteiger partial charge is 0.254 e. The molecule has 6 heteroatoms. The Morgan fingerprint density at radius 2 is 1.71 bits per heavy atom. The molecule has 5 rings (SSSR count). The molecule has 3 aromatic rings. The van der Waals surface area contributed by atoms with Crippen molar-refractivity contribution in [1.29, 1.82) is 0 Å². The highest BCUT2D eigenvalue weighted by Crippen LogP contribution is 2.33. The minimum Gasteiger partial charge on any atom is -0.464 e. The average Bonchev–Trinajstić information content (AvgIpc) is 3.48. The number of hydrogen-bond donors (Lipinski definition) is 1. The van der Waals surface area contributed by atoms with E-state index in [1.54, 1.807) is 12.3 Å². The number of carbonyl (C=O) groups excluding carboxylic acids is 2. The van der Waals surface area contributed by atoms with Crippen LogP contribution in [0.25, 0.3) is 11.0 Å². The number of nitrogens with two attached hydrogens (primary N) is 1. The van der Waals surface area contributed by atoms with Crippen molar-refractivity contribution in [3.05, 3.63) is 77.9 Å². The lowest BCUT2D eigenvalue weighted by Gasteiger charge is -2.22. The highest BCUT2D eigenvalue weighted by Gasteiger charge is 2.41. The SMILES string of the molecule is NC(=O)c1ccccc1[CH]CCN1CC2CN(C(=O)c3cccc4occc34)C[C@@H]2C1. The van der Waals surface area contributed by atoms with Gasteiger partial charge in [-0.25, -0.2) is 0 Å². The molecule has 2 aromatic carbocycles. The molecule has 0 saturated carbocycles. The van der Waals surface area contributed by atoms with E-state index in [9.17, 15) is 9.59 Å². The predicted octanol–water partition coefficient (Wildman–Crippen LogP) is 3.18. The zero-order valence-electron chi connectivity index (χ0n) is 17.4. The fourth-order valence-electron chi connectivity index (χ4n) is 5.09. The molecule has 0 aliphatic carbocycles. The van der Waals surface area contributed by atoms with Gasteiger partial charge in [0.15, 0.2) is 0 Å². The van der Waals surface area contributed by atoms with Crippen LogP contribution >= 0.6 is 0 Å². The van der Waals surface area contributed by atoms with Crippen LogP contribution in [0.15, 0.2) is 59.2 Å². The lowest BCUT2D eigenvalue weighted by molar-refractivity contribution is 0.0776. The zero-order valence-corrected chi connectivity index (χ0v) is 17.4. The van der Waals surface area contributed by atoms with E-state index in [-0.39, 0.29) is 5.91 Å². The molecule has 2 amide bonds. The standard InChI is InChI=1S/C25H26N3O3/c26-24(29)20-7-2-1-5-17(20)6-4-11-27-13-18-15-28(16-19(18)14-27)25(30)22-8-3-9-23-21(22)10-12-31-23/h1-3,5-10,12,18-19H,4,11,13-16H2,(H2,26,29)/t18-,19?/m0/s1. The third kappa shape index (κ3) is 3.83. The summed E-state index contributed by atoms with van der Waals surface area (Å²) in [6.45, 7) is 4.58. The van der Waals surface area contributed by atoms with Gasteiger partial charge < -0.3 is 20.0 Å². The summed E-state index contributed by atoms with van der Waals surface area (Å²) in [4.78, 5) is 29.2. The molecule has 1 aromatic heterocycles. The first-order valence-electron chi connectivity index (χ1n) is 10.8. The quantitative estimate of drug-likeness (QED) is 0.669. The number of rotatable bonds is 6. The highest BCUT2D eigenvalue weighted by atomic mass is 16.3. The summed E-state index contributed by atoms with van der Waals surface area (Å²) in [6, 6.07) is 15.0. The van der Waals surface area contributed by atoms with E-state index in [1.807, 2.05) is 47.4 Å². The van der Waals surface area contributed by atoms with Gasteiger partial charge in [0.1, 0.15) is 5.58 Å². The fourth-order valence-corrected chi connectivity index (χ4v) is 5.09. The van der Waals surface area contributed by atoms with Gasteiger partial charge in [-0.1, -0.05) is 24.3 Å². The molecule has 2 atom stereocenters. The van der Waals surface area contributed by atoms with Crippen LogP contribution in [0.4, 0.5) is 0 Å². The number of furan rings is 1. The third-order valence-corrected chi connectivity index (χ3v) is 6.61. The number of likely N-dealkylation sites (tertiary alicyclic amines) is 2. The lowest BCUT2D eigenvalue weighted by atomic mass is 10.0. The van der Waals surface area contributed by atoms with E-state index in [4.69, 9.17) is 10.2 Å². The summed E-state index contributed by atoms with van der Waals surface area (Å²) in [5, 5.41) is 0.887. The Kier molecular flexibility index (Phi) is 5.24. The van der Waals surface area contributed by atoms with Crippen molar-refractivity contribution in [2.24, 2.45) is 17.6 Å². The molecule has 1 radical (unpaired) electrons. The molecule has 2 aliphatic rings. The monoisotopic (exact) mass is 416 g/mol. The van der Waals surface area contributed by atoms with Gasteiger partial charge in [-0.05, 0) is 61.1 Å². The van der Waals surface area contributed by atoms with Crippen LogP contribution in [0.2, 0.25) is 0 Å².